The van der Waals surface area contributed by atoms with Crippen molar-refractivity contribution >= 4 is 16.0 Å². The maximum atomic E-state index is 11.8. The molecule has 2 unspecified atom stereocenters. The van der Waals surface area contributed by atoms with Crippen molar-refractivity contribution in [2.75, 3.05) is 12.3 Å². The van der Waals surface area contributed by atoms with Crippen molar-refractivity contribution in [1.29, 1.82) is 0 Å². The lowest BCUT2D eigenvalue weighted by molar-refractivity contribution is -0.144. The van der Waals surface area contributed by atoms with Crippen LogP contribution in [0.15, 0.2) is 0 Å². The predicted octanol–water partition coefficient (Wildman–Crippen LogP) is 1.84. The lowest BCUT2D eigenvalue weighted by atomic mass is 9.79. The third-order valence-corrected chi connectivity index (χ3v) is 5.14. The molecule has 19 heavy (non-hydrogen) atoms. The molecular weight excluding hydrogens is 266 g/mol. The van der Waals surface area contributed by atoms with E-state index in [1.807, 2.05) is 13.8 Å². The first-order valence-electron chi connectivity index (χ1n) is 7.02. The van der Waals surface area contributed by atoms with Gasteiger partial charge in [0.15, 0.2) is 0 Å². The highest BCUT2D eigenvalue weighted by Gasteiger charge is 2.31. The van der Waals surface area contributed by atoms with Crippen LogP contribution in [-0.4, -0.2) is 31.8 Å². The normalized spacial score (nSPS) is 24.6. The summed E-state index contributed by atoms with van der Waals surface area (Å²) in [5, 5.41) is 9.14. The molecule has 1 saturated carbocycles. The van der Waals surface area contributed by atoms with Gasteiger partial charge in [-0.15, -0.1) is 0 Å². The van der Waals surface area contributed by atoms with Crippen molar-refractivity contribution in [2.45, 2.75) is 46.0 Å². The monoisotopic (exact) mass is 291 g/mol. The summed E-state index contributed by atoms with van der Waals surface area (Å²) in [5.41, 5.74) is 0. The molecule has 1 aliphatic carbocycles. The molecule has 0 bridgehead atoms. The van der Waals surface area contributed by atoms with Crippen molar-refractivity contribution in [2.24, 2.45) is 17.8 Å². The van der Waals surface area contributed by atoms with Crippen LogP contribution in [0.3, 0.4) is 0 Å². The highest BCUT2D eigenvalue weighted by Crippen LogP contribution is 2.29. The van der Waals surface area contributed by atoms with Gasteiger partial charge in [-0.1, -0.05) is 26.7 Å². The Labute approximate surface area is 115 Å². The van der Waals surface area contributed by atoms with E-state index in [9.17, 15) is 13.2 Å². The molecule has 6 heteroatoms. The topological polar surface area (TPSA) is 83.5 Å². The van der Waals surface area contributed by atoms with Crippen LogP contribution < -0.4 is 4.72 Å². The number of sulfonamides is 1. The molecule has 0 aromatic carbocycles. The second-order valence-electron chi connectivity index (χ2n) is 5.84. The van der Waals surface area contributed by atoms with Crippen LogP contribution in [0.25, 0.3) is 0 Å². The Hall–Kier alpha value is -0.620. The molecule has 0 spiro atoms. The summed E-state index contributed by atoms with van der Waals surface area (Å²) in [6, 6.07) is 0. The number of carboxylic acid groups (broad SMARTS) is 1. The highest BCUT2D eigenvalue weighted by molar-refractivity contribution is 7.89. The van der Waals surface area contributed by atoms with E-state index in [2.05, 4.69) is 4.72 Å². The lowest BCUT2D eigenvalue weighted by Gasteiger charge is -2.28. The van der Waals surface area contributed by atoms with Gasteiger partial charge in [-0.3, -0.25) is 4.79 Å². The smallest absolute Gasteiger partial charge is 0.306 e. The number of hydrogen-bond acceptors (Lipinski definition) is 3. The maximum absolute atomic E-state index is 11.8. The summed E-state index contributed by atoms with van der Waals surface area (Å²) < 4.78 is 26.2. The zero-order chi connectivity index (χ0) is 14.5. The van der Waals surface area contributed by atoms with Gasteiger partial charge in [0.1, 0.15) is 0 Å². The van der Waals surface area contributed by atoms with Crippen molar-refractivity contribution < 1.29 is 18.3 Å². The fourth-order valence-corrected chi connectivity index (χ4v) is 3.87. The summed E-state index contributed by atoms with van der Waals surface area (Å²) in [5.74, 6) is -0.805. The third-order valence-electron chi connectivity index (χ3n) is 3.76. The van der Waals surface area contributed by atoms with E-state index >= 15 is 0 Å². The van der Waals surface area contributed by atoms with Crippen LogP contribution in [0.1, 0.15) is 46.0 Å². The Kier molecular flexibility index (Phi) is 6.26. The first-order chi connectivity index (χ1) is 8.82. The summed E-state index contributed by atoms with van der Waals surface area (Å²) in [7, 11) is -3.27. The molecule has 1 rings (SSSR count). The Morgan fingerprint density at radius 1 is 1.32 bits per heavy atom. The van der Waals surface area contributed by atoms with E-state index in [0.717, 1.165) is 19.3 Å². The second-order valence-corrected chi connectivity index (χ2v) is 7.77. The number of nitrogens with one attached hydrogen (secondary N) is 1. The predicted molar refractivity (Wildman–Crippen MR) is 74.3 cm³/mol. The summed E-state index contributed by atoms with van der Waals surface area (Å²) in [4.78, 5) is 11.1. The zero-order valence-corrected chi connectivity index (χ0v) is 12.6. The molecule has 1 aliphatic rings. The van der Waals surface area contributed by atoms with E-state index in [0.29, 0.717) is 18.8 Å². The lowest BCUT2D eigenvalue weighted by Crippen LogP contribution is -2.38. The van der Waals surface area contributed by atoms with Gasteiger partial charge >= 0.3 is 5.97 Å². The summed E-state index contributed by atoms with van der Waals surface area (Å²) >= 11 is 0. The van der Waals surface area contributed by atoms with E-state index in [1.165, 1.54) is 0 Å². The number of aliphatic carboxylic acids is 1. The van der Waals surface area contributed by atoms with E-state index in [-0.39, 0.29) is 18.2 Å². The van der Waals surface area contributed by atoms with E-state index in [4.69, 9.17) is 5.11 Å². The number of carboxylic acids is 1. The van der Waals surface area contributed by atoms with Crippen LogP contribution in [0.5, 0.6) is 0 Å². The van der Waals surface area contributed by atoms with Crippen LogP contribution in [0.4, 0.5) is 0 Å². The fraction of sp³-hybridized carbons (Fsp3) is 0.923. The average molecular weight is 291 g/mol. The minimum absolute atomic E-state index is 0.0694. The quantitative estimate of drug-likeness (QED) is 0.749. The van der Waals surface area contributed by atoms with Crippen molar-refractivity contribution in [3.8, 4) is 0 Å². The molecule has 0 aromatic heterocycles. The Bertz CT molecular complexity index is 391. The van der Waals surface area contributed by atoms with Crippen LogP contribution >= 0.6 is 0 Å². The minimum atomic E-state index is -3.27. The molecule has 0 aromatic rings. The molecule has 0 saturated heterocycles. The highest BCUT2D eigenvalue weighted by atomic mass is 32.2. The molecular formula is C13H25NO4S. The molecule has 5 nitrogen and oxygen atoms in total. The summed E-state index contributed by atoms with van der Waals surface area (Å²) in [6.07, 6.45) is 4.00. The number of carbonyl (C=O) groups is 1. The molecule has 2 N–H and O–H groups in total. The van der Waals surface area contributed by atoms with E-state index in [1.54, 1.807) is 0 Å². The first kappa shape index (κ1) is 16.4. The van der Waals surface area contributed by atoms with Crippen LogP contribution in [0.2, 0.25) is 0 Å². The molecule has 0 aliphatic heterocycles. The fourth-order valence-electron chi connectivity index (χ4n) is 2.47. The second kappa shape index (κ2) is 7.24. The average Bonchev–Trinajstić information content (AvgIpc) is 2.34. The van der Waals surface area contributed by atoms with Crippen molar-refractivity contribution in [3.05, 3.63) is 0 Å². The summed E-state index contributed by atoms with van der Waals surface area (Å²) in [6.45, 7) is 4.23. The van der Waals surface area contributed by atoms with Gasteiger partial charge in [-0.05, 0) is 31.1 Å². The Morgan fingerprint density at radius 3 is 2.53 bits per heavy atom. The van der Waals surface area contributed by atoms with Gasteiger partial charge in [0.25, 0.3) is 0 Å². The SMILES string of the molecule is CC(C)CCS(=O)(=O)NCC1CCCCC1C(=O)O. The molecule has 1 fully saturated rings. The van der Waals surface area contributed by atoms with Gasteiger partial charge in [-0.25, -0.2) is 13.1 Å². The molecule has 0 heterocycles. The molecule has 2 atom stereocenters. The van der Waals surface area contributed by atoms with Gasteiger partial charge < -0.3 is 5.11 Å². The molecule has 0 radical (unpaired) electrons. The number of rotatable bonds is 7. The van der Waals surface area contributed by atoms with Crippen LogP contribution in [-0.2, 0) is 14.8 Å². The van der Waals surface area contributed by atoms with Crippen molar-refractivity contribution in [1.82, 2.24) is 4.72 Å². The minimum Gasteiger partial charge on any atom is -0.481 e. The van der Waals surface area contributed by atoms with Gasteiger partial charge in [0.2, 0.25) is 10.0 Å². The maximum Gasteiger partial charge on any atom is 0.306 e. The van der Waals surface area contributed by atoms with Gasteiger partial charge in [0, 0.05) is 6.54 Å². The van der Waals surface area contributed by atoms with E-state index < -0.39 is 21.9 Å². The van der Waals surface area contributed by atoms with Crippen LogP contribution in [0, 0.1) is 17.8 Å². The standard InChI is InChI=1S/C13H25NO4S/c1-10(2)7-8-19(17,18)14-9-11-5-3-4-6-12(11)13(15)16/h10-12,14H,3-9H2,1-2H3,(H,15,16). The van der Waals surface area contributed by atoms with Gasteiger partial charge in [-0.2, -0.15) is 0 Å². The van der Waals surface area contributed by atoms with Gasteiger partial charge in [0.05, 0.1) is 11.7 Å². The Balaban J connectivity index is 2.47. The third kappa shape index (κ3) is 5.91. The largest absolute Gasteiger partial charge is 0.481 e. The zero-order valence-electron chi connectivity index (χ0n) is 11.8. The first-order valence-corrected chi connectivity index (χ1v) is 8.67. The number of hydrogen-bond donors (Lipinski definition) is 2. The Morgan fingerprint density at radius 2 is 1.95 bits per heavy atom. The molecule has 0 amide bonds. The van der Waals surface area contributed by atoms with Crippen molar-refractivity contribution in [3.63, 3.8) is 0 Å². The molecule has 112 valence electrons.